The maximum absolute atomic E-state index is 5.64. The fraction of sp³-hybridized carbons (Fsp3) is 0.176. The zero-order valence-corrected chi connectivity index (χ0v) is 12.9. The Morgan fingerprint density at radius 1 is 0.913 bits per heavy atom. The number of aromatic nitrogens is 2. The van der Waals surface area contributed by atoms with Crippen LogP contribution in [0.1, 0.15) is 5.82 Å². The van der Waals surface area contributed by atoms with Gasteiger partial charge in [0.25, 0.3) is 5.89 Å². The van der Waals surface area contributed by atoms with Crippen LogP contribution in [0.4, 0.5) is 0 Å². The smallest absolute Gasteiger partial charge is 0.258 e. The molecule has 23 heavy (non-hydrogen) atoms. The van der Waals surface area contributed by atoms with E-state index < -0.39 is 0 Å². The van der Waals surface area contributed by atoms with Gasteiger partial charge in [0.1, 0.15) is 17.2 Å². The molecule has 0 aliphatic rings. The van der Waals surface area contributed by atoms with E-state index in [9.17, 15) is 0 Å². The molecule has 0 amide bonds. The van der Waals surface area contributed by atoms with Crippen molar-refractivity contribution >= 4 is 0 Å². The quantitative estimate of drug-likeness (QED) is 0.695. The highest BCUT2D eigenvalue weighted by molar-refractivity contribution is 5.54. The van der Waals surface area contributed by atoms with Crippen molar-refractivity contribution in [2.24, 2.45) is 0 Å². The SMILES string of the molecule is COc1ccc(-c2nc(COc3cccc(OC)c3)no2)cc1. The van der Waals surface area contributed by atoms with Gasteiger partial charge in [-0.05, 0) is 36.4 Å². The molecule has 6 nitrogen and oxygen atoms in total. The van der Waals surface area contributed by atoms with E-state index in [1.54, 1.807) is 20.3 Å². The van der Waals surface area contributed by atoms with E-state index in [1.165, 1.54) is 0 Å². The van der Waals surface area contributed by atoms with Crippen LogP contribution in [0.3, 0.4) is 0 Å². The summed E-state index contributed by atoms with van der Waals surface area (Å²) in [5, 5.41) is 3.92. The standard InChI is InChI=1S/C17H16N2O4/c1-20-13-8-6-12(7-9-13)17-18-16(19-23-17)11-22-15-5-3-4-14(10-15)21-2/h3-10H,11H2,1-2H3. The van der Waals surface area contributed by atoms with Crippen LogP contribution in [0.2, 0.25) is 0 Å². The lowest BCUT2D eigenvalue weighted by Crippen LogP contribution is -1.97. The first-order valence-electron chi connectivity index (χ1n) is 7.02. The number of hydrogen-bond donors (Lipinski definition) is 0. The summed E-state index contributed by atoms with van der Waals surface area (Å²) < 4.78 is 21.2. The molecule has 0 radical (unpaired) electrons. The number of rotatable bonds is 6. The molecule has 0 atom stereocenters. The summed E-state index contributed by atoms with van der Waals surface area (Å²) in [4.78, 5) is 4.32. The predicted molar refractivity (Wildman–Crippen MR) is 83.6 cm³/mol. The maximum Gasteiger partial charge on any atom is 0.258 e. The number of hydrogen-bond acceptors (Lipinski definition) is 6. The van der Waals surface area contributed by atoms with Gasteiger partial charge < -0.3 is 18.7 Å². The maximum atomic E-state index is 5.64. The summed E-state index contributed by atoms with van der Waals surface area (Å²) in [6.07, 6.45) is 0. The second-order valence-corrected chi connectivity index (χ2v) is 4.71. The van der Waals surface area contributed by atoms with Crippen LogP contribution in [0.5, 0.6) is 17.2 Å². The molecule has 3 rings (SSSR count). The van der Waals surface area contributed by atoms with E-state index >= 15 is 0 Å². The molecule has 0 saturated heterocycles. The molecule has 3 aromatic rings. The zero-order valence-electron chi connectivity index (χ0n) is 12.9. The minimum atomic E-state index is 0.215. The van der Waals surface area contributed by atoms with Crippen molar-refractivity contribution in [3.8, 4) is 28.7 Å². The van der Waals surface area contributed by atoms with Crippen LogP contribution in [-0.4, -0.2) is 24.4 Å². The van der Waals surface area contributed by atoms with E-state index in [0.717, 1.165) is 17.1 Å². The fourth-order valence-corrected chi connectivity index (χ4v) is 2.00. The van der Waals surface area contributed by atoms with E-state index in [4.69, 9.17) is 18.7 Å². The van der Waals surface area contributed by atoms with Gasteiger partial charge in [0, 0.05) is 11.6 Å². The Balaban J connectivity index is 1.66. The average molecular weight is 312 g/mol. The monoisotopic (exact) mass is 312 g/mol. The third kappa shape index (κ3) is 3.60. The summed E-state index contributed by atoms with van der Waals surface area (Å²) in [6, 6.07) is 14.7. The van der Waals surface area contributed by atoms with Gasteiger partial charge in [-0.15, -0.1) is 0 Å². The van der Waals surface area contributed by atoms with Gasteiger partial charge in [-0.2, -0.15) is 4.98 Å². The summed E-state index contributed by atoms with van der Waals surface area (Å²) in [6.45, 7) is 0.215. The second-order valence-electron chi connectivity index (χ2n) is 4.71. The van der Waals surface area contributed by atoms with Gasteiger partial charge >= 0.3 is 0 Å². The number of ether oxygens (including phenoxy) is 3. The summed E-state index contributed by atoms with van der Waals surface area (Å²) in [5.41, 5.74) is 0.825. The molecule has 0 aliphatic carbocycles. The second kappa shape index (κ2) is 6.83. The molecule has 0 spiro atoms. The molecular weight excluding hydrogens is 296 g/mol. The summed E-state index contributed by atoms with van der Waals surface area (Å²) in [5.74, 6) is 3.10. The van der Waals surface area contributed by atoms with Crippen LogP contribution < -0.4 is 14.2 Å². The lowest BCUT2D eigenvalue weighted by molar-refractivity contribution is 0.285. The first kappa shape index (κ1) is 14.9. The van der Waals surface area contributed by atoms with Crippen molar-refractivity contribution < 1.29 is 18.7 Å². The Bertz CT molecular complexity index is 768. The molecule has 0 fully saturated rings. The minimum absolute atomic E-state index is 0.215. The van der Waals surface area contributed by atoms with Crippen molar-refractivity contribution in [3.63, 3.8) is 0 Å². The number of benzene rings is 2. The van der Waals surface area contributed by atoms with E-state index in [1.807, 2.05) is 42.5 Å². The molecule has 0 aliphatic heterocycles. The predicted octanol–water partition coefficient (Wildman–Crippen LogP) is 3.33. The normalized spacial score (nSPS) is 10.3. The average Bonchev–Trinajstić information content (AvgIpc) is 3.09. The Morgan fingerprint density at radius 3 is 2.39 bits per heavy atom. The first-order valence-corrected chi connectivity index (χ1v) is 7.02. The van der Waals surface area contributed by atoms with Crippen LogP contribution >= 0.6 is 0 Å². The minimum Gasteiger partial charge on any atom is -0.497 e. The molecule has 118 valence electrons. The molecular formula is C17H16N2O4. The van der Waals surface area contributed by atoms with Crippen molar-refractivity contribution in [1.82, 2.24) is 10.1 Å². The molecule has 0 saturated carbocycles. The number of nitrogens with zero attached hydrogens (tertiary/aromatic N) is 2. The lowest BCUT2D eigenvalue weighted by atomic mass is 10.2. The van der Waals surface area contributed by atoms with Crippen LogP contribution in [0, 0.1) is 0 Å². The van der Waals surface area contributed by atoms with Gasteiger partial charge in [0.15, 0.2) is 6.61 Å². The fourth-order valence-electron chi connectivity index (χ4n) is 2.00. The van der Waals surface area contributed by atoms with Gasteiger partial charge in [-0.25, -0.2) is 0 Å². The summed E-state index contributed by atoms with van der Waals surface area (Å²) >= 11 is 0. The van der Waals surface area contributed by atoms with Crippen molar-refractivity contribution in [1.29, 1.82) is 0 Å². The lowest BCUT2D eigenvalue weighted by Gasteiger charge is -2.05. The van der Waals surface area contributed by atoms with Gasteiger partial charge in [0.05, 0.1) is 14.2 Å². The highest BCUT2D eigenvalue weighted by Gasteiger charge is 2.09. The van der Waals surface area contributed by atoms with E-state index in [-0.39, 0.29) is 6.61 Å². The van der Waals surface area contributed by atoms with Crippen LogP contribution in [0.25, 0.3) is 11.5 Å². The molecule has 0 bridgehead atoms. The first-order chi connectivity index (χ1) is 11.3. The third-order valence-electron chi connectivity index (χ3n) is 3.21. The van der Waals surface area contributed by atoms with Gasteiger partial charge in [-0.3, -0.25) is 0 Å². The van der Waals surface area contributed by atoms with E-state index in [0.29, 0.717) is 17.5 Å². The Labute approximate surface area is 133 Å². The molecule has 1 aromatic heterocycles. The highest BCUT2D eigenvalue weighted by atomic mass is 16.5. The number of methoxy groups -OCH3 is 2. The van der Waals surface area contributed by atoms with Crippen molar-refractivity contribution in [2.75, 3.05) is 14.2 Å². The Kier molecular flexibility index (Phi) is 4.42. The molecule has 0 unspecified atom stereocenters. The van der Waals surface area contributed by atoms with Crippen LogP contribution in [-0.2, 0) is 6.61 Å². The van der Waals surface area contributed by atoms with Crippen molar-refractivity contribution in [2.45, 2.75) is 6.61 Å². The molecule has 1 heterocycles. The summed E-state index contributed by atoms with van der Waals surface area (Å²) in [7, 11) is 3.23. The van der Waals surface area contributed by atoms with Gasteiger partial charge in [-0.1, -0.05) is 11.2 Å². The molecule has 2 aromatic carbocycles. The Hall–Kier alpha value is -3.02. The van der Waals surface area contributed by atoms with Gasteiger partial charge in [0.2, 0.25) is 5.82 Å². The van der Waals surface area contributed by atoms with Crippen molar-refractivity contribution in [3.05, 3.63) is 54.4 Å². The topological polar surface area (TPSA) is 66.6 Å². The Morgan fingerprint density at radius 2 is 1.65 bits per heavy atom. The molecule has 6 heteroatoms. The van der Waals surface area contributed by atoms with Crippen LogP contribution in [0.15, 0.2) is 53.1 Å². The van der Waals surface area contributed by atoms with E-state index in [2.05, 4.69) is 10.1 Å². The molecule has 0 N–H and O–H groups in total. The third-order valence-corrected chi connectivity index (χ3v) is 3.21. The zero-order chi connectivity index (χ0) is 16.1. The highest BCUT2D eigenvalue weighted by Crippen LogP contribution is 2.22. The largest absolute Gasteiger partial charge is 0.497 e.